The van der Waals surface area contributed by atoms with Crippen LogP contribution in [0.4, 0.5) is 0 Å². The van der Waals surface area contributed by atoms with Crippen LogP contribution in [0.1, 0.15) is 25.3 Å². The SMILES string of the molecule is CCOc1ccc(C)cc1OC(=O)C1CC1. The summed E-state index contributed by atoms with van der Waals surface area (Å²) < 4.78 is 10.8. The highest BCUT2D eigenvalue weighted by Gasteiger charge is 2.32. The first-order valence-corrected chi connectivity index (χ1v) is 5.66. The van der Waals surface area contributed by atoms with E-state index in [-0.39, 0.29) is 11.9 Å². The minimum Gasteiger partial charge on any atom is -0.490 e. The van der Waals surface area contributed by atoms with E-state index < -0.39 is 0 Å². The molecule has 0 aromatic heterocycles. The van der Waals surface area contributed by atoms with Crippen LogP contribution in [0, 0.1) is 12.8 Å². The summed E-state index contributed by atoms with van der Waals surface area (Å²) in [5.41, 5.74) is 1.06. The summed E-state index contributed by atoms with van der Waals surface area (Å²) in [6.07, 6.45) is 1.91. The molecule has 0 spiro atoms. The van der Waals surface area contributed by atoms with Gasteiger partial charge < -0.3 is 9.47 Å². The molecule has 0 saturated heterocycles. The maximum Gasteiger partial charge on any atom is 0.314 e. The number of benzene rings is 1. The highest BCUT2D eigenvalue weighted by atomic mass is 16.6. The molecule has 1 fully saturated rings. The van der Waals surface area contributed by atoms with Crippen molar-refractivity contribution in [1.29, 1.82) is 0 Å². The van der Waals surface area contributed by atoms with E-state index in [2.05, 4.69) is 0 Å². The van der Waals surface area contributed by atoms with Gasteiger partial charge in [0.05, 0.1) is 12.5 Å². The van der Waals surface area contributed by atoms with Crippen LogP contribution in [0.25, 0.3) is 0 Å². The van der Waals surface area contributed by atoms with Crippen molar-refractivity contribution in [3.05, 3.63) is 23.8 Å². The lowest BCUT2D eigenvalue weighted by atomic mass is 10.2. The van der Waals surface area contributed by atoms with Crippen LogP contribution < -0.4 is 9.47 Å². The zero-order valence-electron chi connectivity index (χ0n) is 9.66. The monoisotopic (exact) mass is 220 g/mol. The molecule has 16 heavy (non-hydrogen) atoms. The predicted molar refractivity (Wildman–Crippen MR) is 60.7 cm³/mol. The molecule has 1 aliphatic rings. The number of ether oxygens (including phenoxy) is 2. The number of aryl methyl sites for hydroxylation is 1. The highest BCUT2D eigenvalue weighted by Crippen LogP contribution is 2.34. The van der Waals surface area contributed by atoms with Crippen molar-refractivity contribution in [2.24, 2.45) is 5.92 Å². The molecular weight excluding hydrogens is 204 g/mol. The van der Waals surface area contributed by atoms with Gasteiger partial charge in [-0.15, -0.1) is 0 Å². The summed E-state index contributed by atoms with van der Waals surface area (Å²) >= 11 is 0. The summed E-state index contributed by atoms with van der Waals surface area (Å²) in [7, 11) is 0. The molecule has 0 N–H and O–H groups in total. The molecule has 0 aliphatic heterocycles. The standard InChI is InChI=1S/C13H16O3/c1-3-15-11-7-4-9(2)8-12(11)16-13(14)10-5-6-10/h4,7-8,10H,3,5-6H2,1-2H3. The molecule has 0 amide bonds. The van der Waals surface area contributed by atoms with Gasteiger partial charge in [0.15, 0.2) is 11.5 Å². The first-order valence-electron chi connectivity index (χ1n) is 5.66. The van der Waals surface area contributed by atoms with Gasteiger partial charge in [0, 0.05) is 0 Å². The third kappa shape index (κ3) is 2.54. The van der Waals surface area contributed by atoms with E-state index in [0.717, 1.165) is 18.4 Å². The van der Waals surface area contributed by atoms with Crippen molar-refractivity contribution in [3.8, 4) is 11.5 Å². The first-order chi connectivity index (χ1) is 7.70. The maximum atomic E-state index is 11.6. The molecule has 1 aromatic rings. The van der Waals surface area contributed by atoms with Gasteiger partial charge in [-0.1, -0.05) is 6.07 Å². The second kappa shape index (κ2) is 4.56. The van der Waals surface area contributed by atoms with Crippen LogP contribution >= 0.6 is 0 Å². The molecule has 0 atom stereocenters. The average Bonchev–Trinajstić information content (AvgIpc) is 3.05. The van der Waals surface area contributed by atoms with Gasteiger partial charge in [-0.05, 0) is 44.4 Å². The lowest BCUT2D eigenvalue weighted by Crippen LogP contribution is -2.11. The van der Waals surface area contributed by atoms with Crippen LogP contribution in [0.2, 0.25) is 0 Å². The minimum atomic E-state index is -0.133. The Morgan fingerprint density at radius 1 is 1.38 bits per heavy atom. The van der Waals surface area contributed by atoms with Gasteiger partial charge in [0.1, 0.15) is 0 Å². The van der Waals surface area contributed by atoms with Gasteiger partial charge in [0.2, 0.25) is 0 Å². The number of hydrogen-bond donors (Lipinski definition) is 0. The largest absolute Gasteiger partial charge is 0.490 e. The summed E-state index contributed by atoms with van der Waals surface area (Å²) in [6.45, 7) is 4.44. The molecule has 2 rings (SSSR count). The van der Waals surface area contributed by atoms with E-state index in [0.29, 0.717) is 18.1 Å². The predicted octanol–water partition coefficient (Wildman–Crippen LogP) is 2.71. The van der Waals surface area contributed by atoms with Gasteiger partial charge in [-0.25, -0.2) is 0 Å². The van der Waals surface area contributed by atoms with E-state index in [1.54, 1.807) is 0 Å². The molecule has 1 aromatic carbocycles. The number of esters is 1. The van der Waals surface area contributed by atoms with Gasteiger partial charge in [-0.2, -0.15) is 0 Å². The fourth-order valence-corrected chi connectivity index (χ4v) is 1.48. The molecule has 0 heterocycles. The molecule has 1 aliphatic carbocycles. The van der Waals surface area contributed by atoms with Crippen LogP contribution in [0.15, 0.2) is 18.2 Å². The fourth-order valence-electron chi connectivity index (χ4n) is 1.48. The van der Waals surface area contributed by atoms with Crippen molar-refractivity contribution in [3.63, 3.8) is 0 Å². The zero-order chi connectivity index (χ0) is 11.5. The Bertz CT molecular complexity index is 394. The fraction of sp³-hybridized carbons (Fsp3) is 0.462. The minimum absolute atomic E-state index is 0.106. The van der Waals surface area contributed by atoms with Crippen molar-refractivity contribution < 1.29 is 14.3 Å². The van der Waals surface area contributed by atoms with E-state index in [1.807, 2.05) is 32.0 Å². The van der Waals surface area contributed by atoms with E-state index in [4.69, 9.17) is 9.47 Å². The summed E-state index contributed by atoms with van der Waals surface area (Å²) in [6, 6.07) is 5.62. The molecular formula is C13H16O3. The number of carbonyl (C=O) groups excluding carboxylic acids is 1. The Morgan fingerprint density at radius 3 is 2.75 bits per heavy atom. The molecule has 1 saturated carbocycles. The van der Waals surface area contributed by atoms with E-state index in [1.165, 1.54) is 0 Å². The van der Waals surface area contributed by atoms with E-state index in [9.17, 15) is 4.79 Å². The normalized spacial score (nSPS) is 14.6. The molecule has 86 valence electrons. The van der Waals surface area contributed by atoms with Crippen LogP contribution in [0.5, 0.6) is 11.5 Å². The van der Waals surface area contributed by atoms with Crippen molar-refractivity contribution in [1.82, 2.24) is 0 Å². The van der Waals surface area contributed by atoms with Crippen molar-refractivity contribution in [2.75, 3.05) is 6.61 Å². The van der Waals surface area contributed by atoms with Crippen LogP contribution in [-0.2, 0) is 4.79 Å². The maximum absolute atomic E-state index is 11.6. The average molecular weight is 220 g/mol. The second-order valence-electron chi connectivity index (χ2n) is 4.08. The van der Waals surface area contributed by atoms with Crippen molar-refractivity contribution >= 4 is 5.97 Å². The smallest absolute Gasteiger partial charge is 0.314 e. The quantitative estimate of drug-likeness (QED) is 0.578. The molecule has 3 heteroatoms. The first kappa shape index (κ1) is 11.0. The third-order valence-electron chi connectivity index (χ3n) is 2.52. The molecule has 0 radical (unpaired) electrons. The Kier molecular flexibility index (Phi) is 3.13. The Labute approximate surface area is 95.4 Å². The van der Waals surface area contributed by atoms with Gasteiger partial charge in [-0.3, -0.25) is 4.79 Å². The van der Waals surface area contributed by atoms with Crippen LogP contribution in [-0.4, -0.2) is 12.6 Å². The molecule has 3 nitrogen and oxygen atoms in total. The van der Waals surface area contributed by atoms with Gasteiger partial charge >= 0.3 is 5.97 Å². The number of rotatable bonds is 4. The lowest BCUT2D eigenvalue weighted by molar-refractivity contribution is -0.135. The lowest BCUT2D eigenvalue weighted by Gasteiger charge is -2.10. The van der Waals surface area contributed by atoms with E-state index >= 15 is 0 Å². The zero-order valence-corrected chi connectivity index (χ0v) is 9.66. The Morgan fingerprint density at radius 2 is 2.12 bits per heavy atom. The third-order valence-corrected chi connectivity index (χ3v) is 2.52. The number of carbonyl (C=O) groups is 1. The number of hydrogen-bond acceptors (Lipinski definition) is 3. The van der Waals surface area contributed by atoms with Crippen LogP contribution in [0.3, 0.4) is 0 Å². The summed E-state index contributed by atoms with van der Waals surface area (Å²) in [4.78, 5) is 11.6. The highest BCUT2D eigenvalue weighted by molar-refractivity contribution is 5.78. The molecule has 0 unspecified atom stereocenters. The summed E-state index contributed by atoms with van der Waals surface area (Å²) in [5, 5.41) is 0. The van der Waals surface area contributed by atoms with Gasteiger partial charge in [0.25, 0.3) is 0 Å². The topological polar surface area (TPSA) is 35.5 Å². The van der Waals surface area contributed by atoms with Crippen molar-refractivity contribution in [2.45, 2.75) is 26.7 Å². The second-order valence-corrected chi connectivity index (χ2v) is 4.08. The molecule has 0 bridgehead atoms. The Balaban J connectivity index is 2.15. The summed E-state index contributed by atoms with van der Waals surface area (Å²) in [5.74, 6) is 1.15. The Hall–Kier alpha value is -1.51.